The zero-order chi connectivity index (χ0) is 13.1. The van der Waals surface area contributed by atoms with E-state index < -0.39 is 0 Å². The lowest BCUT2D eigenvalue weighted by molar-refractivity contribution is 0.407. The predicted octanol–water partition coefficient (Wildman–Crippen LogP) is 3.04. The van der Waals surface area contributed by atoms with Crippen LogP contribution in [0.1, 0.15) is 23.1 Å². The Labute approximate surface area is 106 Å². The molecular formula is C14H16FNO2. The topological polar surface area (TPSA) is 34.4 Å². The standard InChI is InChI=1S/C14H16FNO2/c1-9-4-7-13(18-9)14(16-2)11-6-5-10(17-3)8-12(11)15/h4-8,14,16H,1-3H3. The van der Waals surface area contributed by atoms with Gasteiger partial charge in [0.25, 0.3) is 0 Å². The number of rotatable bonds is 4. The lowest BCUT2D eigenvalue weighted by Crippen LogP contribution is -2.18. The van der Waals surface area contributed by atoms with Crippen molar-refractivity contribution in [1.29, 1.82) is 0 Å². The van der Waals surface area contributed by atoms with E-state index in [4.69, 9.17) is 9.15 Å². The highest BCUT2D eigenvalue weighted by atomic mass is 19.1. The Morgan fingerprint density at radius 2 is 2.06 bits per heavy atom. The molecule has 0 fully saturated rings. The molecule has 0 radical (unpaired) electrons. The molecule has 1 aromatic heterocycles. The second-order valence-corrected chi connectivity index (χ2v) is 4.06. The minimum atomic E-state index is -0.317. The van der Waals surface area contributed by atoms with E-state index in [9.17, 15) is 4.39 Å². The van der Waals surface area contributed by atoms with E-state index in [2.05, 4.69) is 5.32 Å². The van der Waals surface area contributed by atoms with Crippen LogP contribution in [0.4, 0.5) is 4.39 Å². The number of nitrogens with one attached hydrogen (secondary N) is 1. The van der Waals surface area contributed by atoms with E-state index in [1.165, 1.54) is 13.2 Å². The highest BCUT2D eigenvalue weighted by molar-refractivity contribution is 5.34. The Morgan fingerprint density at radius 1 is 1.28 bits per heavy atom. The molecule has 3 nitrogen and oxygen atoms in total. The molecule has 96 valence electrons. The molecule has 2 aromatic rings. The summed E-state index contributed by atoms with van der Waals surface area (Å²) in [5.41, 5.74) is 0.535. The molecule has 1 unspecified atom stereocenters. The van der Waals surface area contributed by atoms with Crippen molar-refractivity contribution >= 4 is 0 Å². The van der Waals surface area contributed by atoms with Gasteiger partial charge in [0.1, 0.15) is 23.1 Å². The van der Waals surface area contributed by atoms with E-state index in [0.29, 0.717) is 17.1 Å². The number of benzene rings is 1. The molecule has 0 saturated carbocycles. The Hall–Kier alpha value is -1.81. The predicted molar refractivity (Wildman–Crippen MR) is 67.3 cm³/mol. The second-order valence-electron chi connectivity index (χ2n) is 4.06. The van der Waals surface area contributed by atoms with Crippen molar-refractivity contribution in [3.8, 4) is 5.75 Å². The van der Waals surface area contributed by atoms with Gasteiger partial charge in [0.15, 0.2) is 0 Å². The first kappa shape index (κ1) is 12.6. The van der Waals surface area contributed by atoms with Gasteiger partial charge < -0.3 is 14.5 Å². The monoisotopic (exact) mass is 249 g/mol. The van der Waals surface area contributed by atoms with Crippen molar-refractivity contribution < 1.29 is 13.5 Å². The highest BCUT2D eigenvalue weighted by Gasteiger charge is 2.19. The lowest BCUT2D eigenvalue weighted by atomic mass is 10.0. The van der Waals surface area contributed by atoms with Gasteiger partial charge in [-0.2, -0.15) is 0 Å². The molecule has 0 aliphatic heterocycles. The van der Waals surface area contributed by atoms with Gasteiger partial charge in [-0.3, -0.25) is 0 Å². The molecule has 0 amide bonds. The summed E-state index contributed by atoms with van der Waals surface area (Å²) in [6.45, 7) is 1.86. The van der Waals surface area contributed by atoms with E-state index >= 15 is 0 Å². The Bertz CT molecular complexity index is 536. The lowest BCUT2D eigenvalue weighted by Gasteiger charge is -2.15. The number of hydrogen-bond donors (Lipinski definition) is 1. The van der Waals surface area contributed by atoms with Gasteiger partial charge >= 0.3 is 0 Å². The molecule has 0 aliphatic rings. The van der Waals surface area contributed by atoms with E-state index in [1.807, 2.05) is 19.1 Å². The summed E-state index contributed by atoms with van der Waals surface area (Å²) in [5.74, 6) is 1.68. The molecule has 1 heterocycles. The van der Waals surface area contributed by atoms with Crippen molar-refractivity contribution in [1.82, 2.24) is 5.32 Å². The van der Waals surface area contributed by atoms with Crippen LogP contribution in [0.3, 0.4) is 0 Å². The minimum Gasteiger partial charge on any atom is -0.497 e. The molecule has 4 heteroatoms. The third-order valence-corrected chi connectivity index (χ3v) is 2.85. The fourth-order valence-electron chi connectivity index (χ4n) is 1.93. The molecule has 1 aromatic carbocycles. The van der Waals surface area contributed by atoms with Crippen molar-refractivity contribution in [3.05, 3.63) is 53.2 Å². The van der Waals surface area contributed by atoms with E-state index in [0.717, 1.165) is 5.76 Å². The zero-order valence-corrected chi connectivity index (χ0v) is 10.7. The van der Waals surface area contributed by atoms with Crippen molar-refractivity contribution in [3.63, 3.8) is 0 Å². The minimum absolute atomic E-state index is 0.301. The van der Waals surface area contributed by atoms with Crippen molar-refractivity contribution in [2.24, 2.45) is 0 Å². The first-order chi connectivity index (χ1) is 8.65. The number of methoxy groups -OCH3 is 1. The van der Waals surface area contributed by atoms with Crippen LogP contribution in [0, 0.1) is 12.7 Å². The second kappa shape index (κ2) is 5.23. The van der Waals surface area contributed by atoms with E-state index in [-0.39, 0.29) is 11.9 Å². The average Bonchev–Trinajstić information content (AvgIpc) is 2.78. The maximum absolute atomic E-state index is 14.0. The summed E-state index contributed by atoms with van der Waals surface area (Å²) in [6, 6.07) is 8.22. The van der Waals surface area contributed by atoms with Gasteiger partial charge in [0.2, 0.25) is 0 Å². The normalized spacial score (nSPS) is 12.4. The fraction of sp³-hybridized carbons (Fsp3) is 0.286. The number of aryl methyl sites for hydroxylation is 1. The number of halogens is 1. The maximum Gasteiger partial charge on any atom is 0.132 e. The van der Waals surface area contributed by atoms with Gasteiger partial charge in [-0.25, -0.2) is 4.39 Å². The Kier molecular flexibility index (Phi) is 3.67. The molecule has 2 rings (SSSR count). The van der Waals surface area contributed by atoms with Gasteiger partial charge in [-0.1, -0.05) is 6.07 Å². The van der Waals surface area contributed by atoms with Crippen LogP contribution in [0.5, 0.6) is 5.75 Å². The quantitative estimate of drug-likeness (QED) is 0.904. The summed E-state index contributed by atoms with van der Waals surface area (Å²) in [5, 5.41) is 3.05. The third kappa shape index (κ3) is 2.38. The zero-order valence-electron chi connectivity index (χ0n) is 10.7. The van der Waals surface area contributed by atoms with Crippen LogP contribution in [0.25, 0.3) is 0 Å². The summed E-state index contributed by atoms with van der Waals surface area (Å²) in [4.78, 5) is 0. The molecule has 1 N–H and O–H groups in total. The van der Waals surface area contributed by atoms with Gasteiger partial charge in [-0.15, -0.1) is 0 Å². The van der Waals surface area contributed by atoms with Gasteiger partial charge in [0, 0.05) is 11.6 Å². The molecule has 1 atom stereocenters. The summed E-state index contributed by atoms with van der Waals surface area (Å²) in [7, 11) is 3.28. The highest BCUT2D eigenvalue weighted by Crippen LogP contribution is 2.27. The van der Waals surface area contributed by atoms with Crippen LogP contribution in [0.2, 0.25) is 0 Å². The smallest absolute Gasteiger partial charge is 0.132 e. The van der Waals surface area contributed by atoms with Crippen molar-refractivity contribution in [2.75, 3.05) is 14.2 Å². The summed E-state index contributed by atoms with van der Waals surface area (Å²) < 4.78 is 24.5. The molecule has 0 spiro atoms. The number of hydrogen-bond acceptors (Lipinski definition) is 3. The van der Waals surface area contributed by atoms with Crippen molar-refractivity contribution in [2.45, 2.75) is 13.0 Å². The van der Waals surface area contributed by atoms with Gasteiger partial charge in [0.05, 0.1) is 13.2 Å². The number of ether oxygens (including phenoxy) is 1. The van der Waals surface area contributed by atoms with Crippen LogP contribution in [0.15, 0.2) is 34.7 Å². The summed E-state index contributed by atoms with van der Waals surface area (Å²) >= 11 is 0. The Morgan fingerprint density at radius 3 is 2.56 bits per heavy atom. The van der Waals surface area contributed by atoms with Crippen LogP contribution >= 0.6 is 0 Å². The SMILES string of the molecule is CNC(c1ccc(C)o1)c1ccc(OC)cc1F. The fourth-order valence-corrected chi connectivity index (χ4v) is 1.93. The molecule has 0 bridgehead atoms. The molecule has 18 heavy (non-hydrogen) atoms. The van der Waals surface area contributed by atoms with Crippen LogP contribution < -0.4 is 10.1 Å². The average molecular weight is 249 g/mol. The molecular weight excluding hydrogens is 233 g/mol. The maximum atomic E-state index is 14.0. The van der Waals surface area contributed by atoms with Crippen LogP contribution in [-0.2, 0) is 0 Å². The third-order valence-electron chi connectivity index (χ3n) is 2.85. The van der Waals surface area contributed by atoms with E-state index in [1.54, 1.807) is 19.2 Å². The first-order valence-corrected chi connectivity index (χ1v) is 5.72. The molecule has 0 aliphatic carbocycles. The van der Waals surface area contributed by atoms with Crippen LogP contribution in [-0.4, -0.2) is 14.2 Å². The molecule has 0 saturated heterocycles. The first-order valence-electron chi connectivity index (χ1n) is 5.72. The van der Waals surface area contributed by atoms with Gasteiger partial charge in [-0.05, 0) is 32.2 Å². The number of furan rings is 1. The largest absolute Gasteiger partial charge is 0.497 e. The Balaban J connectivity index is 2.39. The summed E-state index contributed by atoms with van der Waals surface area (Å²) in [6.07, 6.45) is 0.